The van der Waals surface area contributed by atoms with Gasteiger partial charge in [0.2, 0.25) is 5.88 Å². The second-order valence-electron chi connectivity index (χ2n) is 8.04. The first-order valence-electron chi connectivity index (χ1n) is 11.5. The van der Waals surface area contributed by atoms with Gasteiger partial charge >= 0.3 is 0 Å². The molecule has 7 heteroatoms. The molecule has 2 aromatic heterocycles. The first-order chi connectivity index (χ1) is 16.8. The summed E-state index contributed by atoms with van der Waals surface area (Å²) in [5.41, 5.74) is 6.81. The second kappa shape index (κ2) is 10.8. The number of hydrazone groups is 1. The SMILES string of the molecule is C(=NNc1ccc2ccccc2c1)c1cc(N2CCOCC2)cc(OCCc2ccccn2)n1. The highest BCUT2D eigenvalue weighted by atomic mass is 16.5. The average Bonchev–Trinajstić information content (AvgIpc) is 2.90. The van der Waals surface area contributed by atoms with Crippen molar-refractivity contribution in [1.29, 1.82) is 0 Å². The van der Waals surface area contributed by atoms with Gasteiger partial charge in [0.05, 0.1) is 37.4 Å². The van der Waals surface area contributed by atoms with Crippen LogP contribution >= 0.6 is 0 Å². The lowest BCUT2D eigenvalue weighted by Crippen LogP contribution is -2.36. The molecular formula is C27H27N5O2. The van der Waals surface area contributed by atoms with E-state index in [9.17, 15) is 0 Å². The van der Waals surface area contributed by atoms with E-state index in [0.717, 1.165) is 42.3 Å². The lowest BCUT2D eigenvalue weighted by molar-refractivity contribution is 0.122. The number of nitrogens with one attached hydrogen (secondary N) is 1. The van der Waals surface area contributed by atoms with E-state index in [2.05, 4.69) is 49.7 Å². The Morgan fingerprint density at radius 2 is 1.82 bits per heavy atom. The molecule has 5 rings (SSSR count). The number of ether oxygens (including phenoxy) is 2. The fourth-order valence-corrected chi connectivity index (χ4v) is 3.89. The van der Waals surface area contributed by atoms with Crippen LogP contribution in [-0.2, 0) is 11.2 Å². The summed E-state index contributed by atoms with van der Waals surface area (Å²) in [6, 6.07) is 24.3. The number of fused-ring (bicyclic) bond motifs is 1. The summed E-state index contributed by atoms with van der Waals surface area (Å²) < 4.78 is 11.5. The lowest BCUT2D eigenvalue weighted by Gasteiger charge is -2.29. The molecule has 1 saturated heterocycles. The van der Waals surface area contributed by atoms with Crippen molar-refractivity contribution >= 4 is 28.4 Å². The highest BCUT2D eigenvalue weighted by molar-refractivity contribution is 5.86. The standard InChI is InChI=1S/C27H27N5O2/c1-2-6-22-17-24(9-8-21(22)5-1)31-29-20-25-18-26(32-12-15-33-16-13-32)19-27(30-25)34-14-10-23-7-3-4-11-28-23/h1-9,11,17-20,31H,10,12-16H2. The Balaban J connectivity index is 1.31. The zero-order chi connectivity index (χ0) is 23.0. The smallest absolute Gasteiger partial charge is 0.215 e. The molecule has 0 radical (unpaired) electrons. The maximum absolute atomic E-state index is 6.00. The maximum atomic E-state index is 6.00. The van der Waals surface area contributed by atoms with Gasteiger partial charge in [-0.05, 0) is 41.1 Å². The van der Waals surface area contributed by atoms with Crippen LogP contribution in [0.5, 0.6) is 5.88 Å². The molecule has 1 aliphatic heterocycles. The Morgan fingerprint density at radius 1 is 0.971 bits per heavy atom. The molecule has 2 aromatic carbocycles. The third kappa shape index (κ3) is 5.68. The lowest BCUT2D eigenvalue weighted by atomic mass is 10.1. The van der Waals surface area contributed by atoms with Crippen molar-refractivity contribution in [1.82, 2.24) is 9.97 Å². The molecule has 0 atom stereocenters. The van der Waals surface area contributed by atoms with Crippen molar-refractivity contribution in [2.45, 2.75) is 6.42 Å². The Kier molecular flexibility index (Phi) is 6.92. The van der Waals surface area contributed by atoms with Crippen LogP contribution in [0, 0.1) is 0 Å². The van der Waals surface area contributed by atoms with Gasteiger partial charge in [0.15, 0.2) is 0 Å². The molecule has 0 aliphatic carbocycles. The van der Waals surface area contributed by atoms with Gasteiger partial charge in [-0.15, -0.1) is 0 Å². The Bertz CT molecular complexity index is 1260. The molecule has 1 aliphatic rings. The summed E-state index contributed by atoms with van der Waals surface area (Å²) in [5, 5.41) is 6.79. The van der Waals surface area contributed by atoms with E-state index in [1.54, 1.807) is 12.4 Å². The van der Waals surface area contributed by atoms with Crippen LogP contribution < -0.4 is 15.1 Å². The Labute approximate surface area is 199 Å². The van der Waals surface area contributed by atoms with Crippen LogP contribution in [0.2, 0.25) is 0 Å². The highest BCUT2D eigenvalue weighted by Gasteiger charge is 2.14. The quantitative estimate of drug-likeness (QED) is 0.312. The van der Waals surface area contributed by atoms with E-state index in [1.807, 2.05) is 48.5 Å². The number of aromatic nitrogens is 2. The Morgan fingerprint density at radius 3 is 2.68 bits per heavy atom. The predicted molar refractivity (Wildman–Crippen MR) is 136 cm³/mol. The molecule has 34 heavy (non-hydrogen) atoms. The van der Waals surface area contributed by atoms with Crippen molar-refractivity contribution in [2.24, 2.45) is 5.10 Å². The molecule has 1 fully saturated rings. The molecular weight excluding hydrogens is 426 g/mol. The molecule has 0 spiro atoms. The summed E-state index contributed by atoms with van der Waals surface area (Å²) in [6.45, 7) is 3.60. The average molecular weight is 454 g/mol. The van der Waals surface area contributed by atoms with Gasteiger partial charge in [0.1, 0.15) is 0 Å². The highest BCUT2D eigenvalue weighted by Crippen LogP contribution is 2.22. The van der Waals surface area contributed by atoms with E-state index in [-0.39, 0.29) is 0 Å². The first-order valence-corrected chi connectivity index (χ1v) is 11.5. The van der Waals surface area contributed by atoms with Crippen molar-refractivity contribution in [2.75, 3.05) is 43.2 Å². The van der Waals surface area contributed by atoms with Gasteiger partial charge in [0.25, 0.3) is 0 Å². The molecule has 4 aromatic rings. The zero-order valence-electron chi connectivity index (χ0n) is 18.9. The van der Waals surface area contributed by atoms with Crippen LogP contribution in [0.3, 0.4) is 0 Å². The van der Waals surface area contributed by atoms with E-state index in [4.69, 9.17) is 9.47 Å². The minimum absolute atomic E-state index is 0.502. The number of benzene rings is 2. The van der Waals surface area contributed by atoms with Gasteiger partial charge in [-0.25, -0.2) is 4.98 Å². The molecule has 1 N–H and O–H groups in total. The molecule has 7 nitrogen and oxygen atoms in total. The number of hydrogen-bond donors (Lipinski definition) is 1. The van der Waals surface area contributed by atoms with Gasteiger partial charge in [-0.1, -0.05) is 36.4 Å². The van der Waals surface area contributed by atoms with Gasteiger partial charge < -0.3 is 14.4 Å². The molecule has 172 valence electrons. The topological polar surface area (TPSA) is 71.9 Å². The summed E-state index contributed by atoms with van der Waals surface area (Å²) in [4.78, 5) is 11.3. The number of hydrogen-bond acceptors (Lipinski definition) is 7. The van der Waals surface area contributed by atoms with Crippen molar-refractivity contribution in [3.63, 3.8) is 0 Å². The summed E-state index contributed by atoms with van der Waals surface area (Å²) in [6.07, 6.45) is 4.24. The first kappa shape index (κ1) is 21.9. The molecule has 0 bridgehead atoms. The third-order valence-electron chi connectivity index (χ3n) is 5.66. The van der Waals surface area contributed by atoms with Crippen LogP contribution in [0.1, 0.15) is 11.4 Å². The summed E-state index contributed by atoms with van der Waals surface area (Å²) in [5.74, 6) is 0.576. The van der Waals surface area contributed by atoms with Gasteiger partial charge in [-0.3, -0.25) is 10.4 Å². The van der Waals surface area contributed by atoms with Crippen LogP contribution in [-0.4, -0.2) is 49.1 Å². The molecule has 0 unspecified atom stereocenters. The molecule has 0 saturated carbocycles. The van der Waals surface area contributed by atoms with E-state index >= 15 is 0 Å². The molecule has 3 heterocycles. The summed E-state index contributed by atoms with van der Waals surface area (Å²) in [7, 11) is 0. The second-order valence-corrected chi connectivity index (χ2v) is 8.04. The van der Waals surface area contributed by atoms with E-state index < -0.39 is 0 Å². The molecule has 0 amide bonds. The van der Waals surface area contributed by atoms with Crippen LogP contribution in [0.25, 0.3) is 10.8 Å². The zero-order valence-corrected chi connectivity index (χ0v) is 18.9. The monoisotopic (exact) mass is 453 g/mol. The van der Waals surface area contributed by atoms with Crippen molar-refractivity contribution in [3.05, 3.63) is 90.4 Å². The fourth-order valence-electron chi connectivity index (χ4n) is 3.89. The van der Waals surface area contributed by atoms with Crippen LogP contribution in [0.4, 0.5) is 11.4 Å². The number of pyridine rings is 2. The van der Waals surface area contributed by atoms with Crippen molar-refractivity contribution < 1.29 is 9.47 Å². The number of anilines is 2. The van der Waals surface area contributed by atoms with E-state index in [0.29, 0.717) is 25.7 Å². The summed E-state index contributed by atoms with van der Waals surface area (Å²) >= 11 is 0. The number of nitrogens with zero attached hydrogens (tertiary/aromatic N) is 4. The minimum atomic E-state index is 0.502. The normalized spacial score (nSPS) is 13.9. The number of morpholine rings is 1. The van der Waals surface area contributed by atoms with E-state index in [1.165, 1.54) is 10.8 Å². The maximum Gasteiger partial charge on any atom is 0.215 e. The predicted octanol–water partition coefficient (Wildman–Crippen LogP) is 4.53. The van der Waals surface area contributed by atoms with Gasteiger partial charge in [-0.2, -0.15) is 5.10 Å². The third-order valence-corrected chi connectivity index (χ3v) is 5.66. The number of rotatable bonds is 8. The van der Waals surface area contributed by atoms with Crippen molar-refractivity contribution in [3.8, 4) is 5.88 Å². The van der Waals surface area contributed by atoms with Gasteiger partial charge in [0, 0.05) is 43.2 Å². The Hall–Kier alpha value is -3.97. The largest absolute Gasteiger partial charge is 0.477 e. The fraction of sp³-hybridized carbons (Fsp3) is 0.222. The minimum Gasteiger partial charge on any atom is -0.477 e. The van der Waals surface area contributed by atoms with Crippen LogP contribution in [0.15, 0.2) is 84.1 Å².